The molecule has 0 radical (unpaired) electrons. The average Bonchev–Trinajstić information content (AvgIpc) is 2.74. The van der Waals surface area contributed by atoms with Gasteiger partial charge in [0, 0.05) is 38.6 Å². The van der Waals surface area contributed by atoms with Crippen LogP contribution in [-0.2, 0) is 13.6 Å². The number of nitrogens with zero attached hydrogens (tertiary/aromatic N) is 5. The topological polar surface area (TPSA) is 83.8 Å². The Balaban J connectivity index is 2.19. The van der Waals surface area contributed by atoms with Crippen LogP contribution in [0.1, 0.15) is 11.1 Å². The maximum atomic E-state index is 8.76. The molecule has 2 heterocycles. The van der Waals surface area contributed by atoms with Gasteiger partial charge in [-0.1, -0.05) is 0 Å². The molecule has 0 saturated heterocycles. The number of hydrogen-bond donors (Lipinski definition) is 1. The van der Waals surface area contributed by atoms with Crippen LogP contribution in [0.4, 0.5) is 11.5 Å². The predicted octanol–water partition coefficient (Wildman–Crippen LogP) is 0.905. The second kappa shape index (κ2) is 4.75. The zero-order valence-electron chi connectivity index (χ0n) is 10.3. The number of pyridine rings is 1. The quantitative estimate of drug-likeness (QED) is 0.864. The molecule has 0 fully saturated rings. The van der Waals surface area contributed by atoms with E-state index in [1.165, 1.54) is 6.20 Å². The Bertz CT molecular complexity index is 595. The Morgan fingerprint density at radius 3 is 2.83 bits per heavy atom. The molecule has 18 heavy (non-hydrogen) atoms. The minimum atomic E-state index is 0.464. The van der Waals surface area contributed by atoms with E-state index in [1.807, 2.05) is 31.3 Å². The normalized spacial score (nSPS) is 10.1. The standard InChI is InChI=1S/C12H14N6/c1-17(7-10-6-16-18(2)8-10)12-11(14)3-9(4-13)5-15-12/h3,5-6,8H,7,14H2,1-2H3. The number of nitrogen functional groups attached to an aromatic ring is 1. The Hall–Kier alpha value is -2.55. The lowest BCUT2D eigenvalue weighted by atomic mass is 10.2. The van der Waals surface area contributed by atoms with Crippen molar-refractivity contribution in [2.45, 2.75) is 6.54 Å². The molecule has 2 rings (SSSR count). The first-order valence-corrected chi connectivity index (χ1v) is 5.44. The molecule has 0 bridgehead atoms. The molecule has 2 aromatic rings. The smallest absolute Gasteiger partial charge is 0.151 e. The number of aromatic nitrogens is 3. The summed E-state index contributed by atoms with van der Waals surface area (Å²) in [5.74, 6) is 0.665. The molecule has 6 heteroatoms. The molecule has 2 aromatic heterocycles. The summed E-state index contributed by atoms with van der Waals surface area (Å²) in [5.41, 5.74) is 7.92. The van der Waals surface area contributed by atoms with E-state index in [0.717, 1.165) is 5.56 Å². The van der Waals surface area contributed by atoms with Crippen molar-refractivity contribution in [3.05, 3.63) is 35.8 Å². The van der Waals surface area contributed by atoms with Crippen LogP contribution in [0.15, 0.2) is 24.7 Å². The van der Waals surface area contributed by atoms with Crippen molar-refractivity contribution < 1.29 is 0 Å². The molecule has 92 valence electrons. The monoisotopic (exact) mass is 242 g/mol. The SMILES string of the molecule is CN(Cc1cnn(C)c1)c1ncc(C#N)cc1N. The maximum Gasteiger partial charge on any atom is 0.151 e. The second-order valence-corrected chi connectivity index (χ2v) is 4.13. The minimum absolute atomic E-state index is 0.464. The molecule has 0 aliphatic rings. The predicted molar refractivity (Wildman–Crippen MR) is 68.7 cm³/mol. The fourth-order valence-corrected chi connectivity index (χ4v) is 1.76. The third-order valence-corrected chi connectivity index (χ3v) is 2.56. The van der Waals surface area contributed by atoms with E-state index < -0.39 is 0 Å². The van der Waals surface area contributed by atoms with Crippen molar-refractivity contribution in [3.8, 4) is 6.07 Å². The molecule has 0 aliphatic heterocycles. The van der Waals surface area contributed by atoms with Gasteiger partial charge >= 0.3 is 0 Å². The molecule has 0 atom stereocenters. The molecule has 0 spiro atoms. The van der Waals surface area contributed by atoms with Crippen molar-refractivity contribution >= 4 is 11.5 Å². The third kappa shape index (κ3) is 2.40. The van der Waals surface area contributed by atoms with Crippen molar-refractivity contribution in [2.24, 2.45) is 7.05 Å². The number of hydrogen-bond acceptors (Lipinski definition) is 5. The van der Waals surface area contributed by atoms with Gasteiger partial charge in [-0.3, -0.25) is 4.68 Å². The van der Waals surface area contributed by atoms with E-state index in [4.69, 9.17) is 11.0 Å². The van der Waals surface area contributed by atoms with Crippen molar-refractivity contribution in [3.63, 3.8) is 0 Å². The highest BCUT2D eigenvalue weighted by Crippen LogP contribution is 2.21. The summed E-state index contributed by atoms with van der Waals surface area (Å²) in [6.45, 7) is 0.664. The lowest BCUT2D eigenvalue weighted by molar-refractivity contribution is 0.766. The van der Waals surface area contributed by atoms with Gasteiger partial charge < -0.3 is 10.6 Å². The first-order chi connectivity index (χ1) is 8.60. The highest BCUT2D eigenvalue weighted by Gasteiger charge is 2.09. The van der Waals surface area contributed by atoms with Gasteiger partial charge in [0.1, 0.15) is 6.07 Å². The summed E-state index contributed by atoms with van der Waals surface area (Å²) < 4.78 is 1.75. The lowest BCUT2D eigenvalue weighted by Crippen LogP contribution is -2.19. The first-order valence-electron chi connectivity index (χ1n) is 5.44. The van der Waals surface area contributed by atoms with E-state index in [0.29, 0.717) is 23.6 Å². The van der Waals surface area contributed by atoms with Crippen LogP contribution in [0.5, 0.6) is 0 Å². The number of rotatable bonds is 3. The first kappa shape index (κ1) is 11.9. The Kier molecular flexibility index (Phi) is 3.15. The highest BCUT2D eigenvalue weighted by molar-refractivity contribution is 5.64. The van der Waals surface area contributed by atoms with Gasteiger partial charge in [-0.05, 0) is 6.07 Å². The Morgan fingerprint density at radius 2 is 2.28 bits per heavy atom. The van der Waals surface area contributed by atoms with Gasteiger partial charge in [-0.15, -0.1) is 0 Å². The van der Waals surface area contributed by atoms with Crippen LogP contribution in [0, 0.1) is 11.3 Å². The zero-order valence-corrected chi connectivity index (χ0v) is 10.3. The molecule has 0 aromatic carbocycles. The second-order valence-electron chi connectivity index (χ2n) is 4.13. The van der Waals surface area contributed by atoms with Gasteiger partial charge in [-0.2, -0.15) is 10.4 Å². The number of aryl methyl sites for hydroxylation is 1. The summed E-state index contributed by atoms with van der Waals surface area (Å²) in [5, 5.41) is 12.9. The van der Waals surface area contributed by atoms with Gasteiger partial charge in [0.2, 0.25) is 0 Å². The van der Waals surface area contributed by atoms with E-state index in [9.17, 15) is 0 Å². The largest absolute Gasteiger partial charge is 0.396 e. The van der Waals surface area contributed by atoms with Crippen molar-refractivity contribution in [1.82, 2.24) is 14.8 Å². The average molecular weight is 242 g/mol. The van der Waals surface area contributed by atoms with E-state index >= 15 is 0 Å². The number of nitriles is 1. The van der Waals surface area contributed by atoms with Gasteiger partial charge in [0.25, 0.3) is 0 Å². The van der Waals surface area contributed by atoms with Crippen LogP contribution < -0.4 is 10.6 Å². The summed E-state index contributed by atoms with van der Waals surface area (Å²) in [4.78, 5) is 6.13. The summed E-state index contributed by atoms with van der Waals surface area (Å²) in [7, 11) is 3.77. The third-order valence-electron chi connectivity index (χ3n) is 2.56. The Morgan fingerprint density at radius 1 is 1.50 bits per heavy atom. The zero-order chi connectivity index (χ0) is 13.1. The number of nitrogens with two attached hydrogens (primary N) is 1. The summed E-state index contributed by atoms with van der Waals surface area (Å²) >= 11 is 0. The molecule has 0 unspecified atom stereocenters. The van der Waals surface area contributed by atoms with Crippen LogP contribution in [-0.4, -0.2) is 21.8 Å². The fourth-order valence-electron chi connectivity index (χ4n) is 1.76. The molecule has 2 N–H and O–H groups in total. The number of anilines is 2. The highest BCUT2D eigenvalue weighted by atomic mass is 15.2. The van der Waals surface area contributed by atoms with Gasteiger partial charge in [0.05, 0.1) is 17.4 Å². The minimum Gasteiger partial charge on any atom is -0.396 e. The van der Waals surface area contributed by atoms with E-state index in [2.05, 4.69) is 10.1 Å². The lowest BCUT2D eigenvalue weighted by Gasteiger charge is -2.18. The summed E-state index contributed by atoms with van der Waals surface area (Å²) in [6, 6.07) is 3.64. The molecule has 0 saturated carbocycles. The van der Waals surface area contributed by atoms with Crippen LogP contribution in [0.2, 0.25) is 0 Å². The van der Waals surface area contributed by atoms with Crippen LogP contribution in [0.3, 0.4) is 0 Å². The van der Waals surface area contributed by atoms with Gasteiger partial charge in [-0.25, -0.2) is 4.98 Å². The fraction of sp³-hybridized carbons (Fsp3) is 0.250. The van der Waals surface area contributed by atoms with E-state index in [1.54, 1.807) is 16.9 Å². The molecular formula is C12H14N6. The maximum absolute atomic E-state index is 8.76. The molecule has 0 amide bonds. The summed E-state index contributed by atoms with van der Waals surface area (Å²) in [6.07, 6.45) is 5.26. The van der Waals surface area contributed by atoms with Crippen molar-refractivity contribution in [1.29, 1.82) is 5.26 Å². The Labute approximate surface area is 105 Å². The van der Waals surface area contributed by atoms with E-state index in [-0.39, 0.29) is 0 Å². The van der Waals surface area contributed by atoms with Crippen LogP contribution in [0.25, 0.3) is 0 Å². The van der Waals surface area contributed by atoms with Crippen LogP contribution >= 0.6 is 0 Å². The van der Waals surface area contributed by atoms with Crippen molar-refractivity contribution in [2.75, 3.05) is 17.7 Å². The molecule has 6 nitrogen and oxygen atoms in total. The van der Waals surface area contributed by atoms with Gasteiger partial charge in [0.15, 0.2) is 5.82 Å². The molecule has 0 aliphatic carbocycles. The molecular weight excluding hydrogens is 228 g/mol.